The van der Waals surface area contributed by atoms with Crippen molar-refractivity contribution in [3.8, 4) is 0 Å². The number of fused-ring (bicyclic) bond motifs is 1. The number of carbonyl (C=O) groups excluding carboxylic acids is 3. The van der Waals surface area contributed by atoms with Gasteiger partial charge in [0.15, 0.2) is 0 Å². The number of benzene rings is 1. The van der Waals surface area contributed by atoms with E-state index >= 15 is 0 Å². The molecule has 1 atom stereocenters. The van der Waals surface area contributed by atoms with Gasteiger partial charge in [-0.25, -0.2) is 0 Å². The molecule has 0 saturated heterocycles. The number of allylic oxidation sites excluding steroid dienone is 2. The number of nitrogens with one attached hydrogen (secondary N) is 1. The summed E-state index contributed by atoms with van der Waals surface area (Å²) in [5.41, 5.74) is 0.272. The number of rotatable bonds is 5. The highest BCUT2D eigenvalue weighted by Gasteiger charge is 2.47. The SMILES string of the molecule is CC1=CC2=NC(=O)C[C@](C)(C(=O)N(CC(=O)NC(C)(C)C)Cc3ccccc3)N2C=C1. The number of amides is 3. The Morgan fingerprint density at radius 3 is 2.55 bits per heavy atom. The van der Waals surface area contributed by atoms with Gasteiger partial charge in [0.25, 0.3) is 5.91 Å². The van der Waals surface area contributed by atoms with Crippen LogP contribution in [-0.2, 0) is 20.9 Å². The van der Waals surface area contributed by atoms with E-state index in [4.69, 9.17) is 0 Å². The van der Waals surface area contributed by atoms with Crippen molar-refractivity contribution >= 4 is 23.6 Å². The molecule has 3 rings (SSSR count). The van der Waals surface area contributed by atoms with E-state index in [1.165, 1.54) is 4.90 Å². The van der Waals surface area contributed by atoms with Crippen LogP contribution in [0.3, 0.4) is 0 Å². The first-order valence-electron chi connectivity index (χ1n) is 10.4. The molecule has 0 unspecified atom stereocenters. The zero-order valence-corrected chi connectivity index (χ0v) is 18.8. The van der Waals surface area contributed by atoms with Crippen LogP contribution in [0.2, 0.25) is 0 Å². The molecule has 7 nitrogen and oxygen atoms in total. The van der Waals surface area contributed by atoms with Gasteiger partial charge in [-0.2, -0.15) is 4.99 Å². The lowest BCUT2D eigenvalue weighted by Gasteiger charge is -2.44. The van der Waals surface area contributed by atoms with Gasteiger partial charge in [0.2, 0.25) is 11.8 Å². The van der Waals surface area contributed by atoms with Crippen molar-refractivity contribution in [2.24, 2.45) is 4.99 Å². The van der Waals surface area contributed by atoms with E-state index in [-0.39, 0.29) is 37.2 Å². The van der Waals surface area contributed by atoms with Gasteiger partial charge >= 0.3 is 0 Å². The third-order valence-corrected chi connectivity index (χ3v) is 5.17. The highest BCUT2D eigenvalue weighted by atomic mass is 16.2. The van der Waals surface area contributed by atoms with Gasteiger partial charge in [-0.3, -0.25) is 14.4 Å². The molecule has 1 N–H and O–H groups in total. The van der Waals surface area contributed by atoms with Gasteiger partial charge in [0, 0.05) is 18.3 Å². The minimum absolute atomic E-state index is 0.0568. The zero-order valence-electron chi connectivity index (χ0n) is 18.8. The Balaban J connectivity index is 1.93. The fraction of sp³-hybridized carbons (Fsp3) is 0.417. The van der Waals surface area contributed by atoms with Crippen LogP contribution < -0.4 is 5.32 Å². The molecule has 1 aromatic rings. The summed E-state index contributed by atoms with van der Waals surface area (Å²) in [7, 11) is 0. The van der Waals surface area contributed by atoms with Gasteiger partial charge in [0.1, 0.15) is 11.4 Å². The predicted octanol–water partition coefficient (Wildman–Crippen LogP) is 2.79. The minimum atomic E-state index is -1.17. The summed E-state index contributed by atoms with van der Waals surface area (Å²) in [5.74, 6) is -0.439. The lowest BCUT2D eigenvalue weighted by atomic mass is 9.89. The van der Waals surface area contributed by atoms with E-state index in [0.29, 0.717) is 5.84 Å². The van der Waals surface area contributed by atoms with Crippen LogP contribution in [0.1, 0.15) is 46.6 Å². The van der Waals surface area contributed by atoms with E-state index in [1.807, 2.05) is 64.1 Å². The predicted molar refractivity (Wildman–Crippen MR) is 120 cm³/mol. The molecule has 0 bridgehead atoms. The Bertz CT molecular complexity index is 972. The number of aliphatic imine (C=N–C) groups is 1. The third kappa shape index (κ3) is 5.29. The van der Waals surface area contributed by atoms with E-state index < -0.39 is 11.1 Å². The van der Waals surface area contributed by atoms with Crippen molar-refractivity contribution in [2.75, 3.05) is 6.54 Å². The summed E-state index contributed by atoms with van der Waals surface area (Å²) < 4.78 is 0. The molecule has 2 aliphatic heterocycles. The van der Waals surface area contributed by atoms with E-state index in [1.54, 1.807) is 24.1 Å². The maximum Gasteiger partial charge on any atom is 0.250 e. The van der Waals surface area contributed by atoms with E-state index in [9.17, 15) is 14.4 Å². The lowest BCUT2D eigenvalue weighted by molar-refractivity contribution is -0.146. The fourth-order valence-corrected chi connectivity index (χ4v) is 3.79. The quantitative estimate of drug-likeness (QED) is 0.791. The first-order chi connectivity index (χ1) is 14.5. The Labute approximate surface area is 183 Å². The molecular formula is C24H30N4O3. The van der Waals surface area contributed by atoms with E-state index in [2.05, 4.69) is 10.3 Å². The average Bonchev–Trinajstić information content (AvgIpc) is 2.65. The normalized spacial score (nSPS) is 20.5. The van der Waals surface area contributed by atoms with Crippen LogP contribution in [0, 0.1) is 0 Å². The highest BCUT2D eigenvalue weighted by molar-refractivity contribution is 6.10. The molecule has 0 spiro atoms. The molecule has 31 heavy (non-hydrogen) atoms. The largest absolute Gasteiger partial charge is 0.350 e. The van der Waals surface area contributed by atoms with Crippen LogP contribution in [0.15, 0.2) is 59.2 Å². The molecule has 1 aromatic carbocycles. The fourth-order valence-electron chi connectivity index (χ4n) is 3.79. The third-order valence-electron chi connectivity index (χ3n) is 5.17. The average molecular weight is 423 g/mol. The molecule has 0 aliphatic carbocycles. The van der Waals surface area contributed by atoms with Crippen LogP contribution in [0.25, 0.3) is 0 Å². The van der Waals surface area contributed by atoms with Gasteiger partial charge in [-0.15, -0.1) is 0 Å². The summed E-state index contributed by atoms with van der Waals surface area (Å²) >= 11 is 0. The second kappa shape index (κ2) is 8.49. The van der Waals surface area contributed by atoms with Crippen molar-refractivity contribution in [1.82, 2.24) is 15.1 Å². The topological polar surface area (TPSA) is 82.1 Å². The highest BCUT2D eigenvalue weighted by Crippen LogP contribution is 2.31. The number of amidine groups is 1. The van der Waals surface area contributed by atoms with Crippen molar-refractivity contribution < 1.29 is 14.4 Å². The molecule has 2 heterocycles. The molecule has 7 heteroatoms. The lowest BCUT2D eigenvalue weighted by Crippen LogP contribution is -2.61. The summed E-state index contributed by atoms with van der Waals surface area (Å²) in [4.78, 5) is 46.3. The maximum absolute atomic E-state index is 13.8. The molecule has 0 aromatic heterocycles. The smallest absolute Gasteiger partial charge is 0.250 e. The Hall–Kier alpha value is -3.22. The van der Waals surface area contributed by atoms with Gasteiger partial charge < -0.3 is 15.1 Å². The van der Waals surface area contributed by atoms with Crippen molar-refractivity contribution in [3.63, 3.8) is 0 Å². The Kier molecular flexibility index (Phi) is 6.15. The van der Waals surface area contributed by atoms with Gasteiger partial charge in [0.05, 0.1) is 13.0 Å². The number of carbonyl (C=O) groups is 3. The number of hydrogen-bond acceptors (Lipinski definition) is 4. The Morgan fingerprint density at radius 1 is 1.23 bits per heavy atom. The van der Waals surface area contributed by atoms with Crippen molar-refractivity contribution in [2.45, 2.75) is 58.7 Å². The van der Waals surface area contributed by atoms with Gasteiger partial charge in [-0.05, 0) is 57.9 Å². The molecule has 164 valence electrons. The van der Waals surface area contributed by atoms with Crippen LogP contribution >= 0.6 is 0 Å². The number of hydrogen-bond donors (Lipinski definition) is 1. The molecule has 0 radical (unpaired) electrons. The molecule has 3 amide bonds. The van der Waals surface area contributed by atoms with Crippen LogP contribution in [-0.4, -0.2) is 51.0 Å². The first-order valence-corrected chi connectivity index (χ1v) is 10.4. The van der Waals surface area contributed by atoms with Crippen molar-refractivity contribution in [1.29, 1.82) is 0 Å². The van der Waals surface area contributed by atoms with Gasteiger partial charge in [-0.1, -0.05) is 30.3 Å². The summed E-state index contributed by atoms with van der Waals surface area (Å²) in [6.07, 6.45) is 5.40. The zero-order chi connectivity index (χ0) is 22.8. The minimum Gasteiger partial charge on any atom is -0.350 e. The molecule has 2 aliphatic rings. The maximum atomic E-state index is 13.8. The van der Waals surface area contributed by atoms with Crippen LogP contribution in [0.4, 0.5) is 0 Å². The summed E-state index contributed by atoms with van der Waals surface area (Å²) in [6, 6.07) is 9.51. The summed E-state index contributed by atoms with van der Waals surface area (Å²) in [5, 5.41) is 2.92. The monoisotopic (exact) mass is 422 g/mol. The van der Waals surface area contributed by atoms with E-state index in [0.717, 1.165) is 11.1 Å². The molecule has 0 fully saturated rings. The Morgan fingerprint density at radius 2 is 1.90 bits per heavy atom. The number of nitrogens with zero attached hydrogens (tertiary/aromatic N) is 3. The summed E-state index contributed by atoms with van der Waals surface area (Å²) in [6.45, 7) is 9.49. The van der Waals surface area contributed by atoms with Crippen molar-refractivity contribution in [3.05, 3.63) is 59.8 Å². The van der Waals surface area contributed by atoms with Crippen LogP contribution in [0.5, 0.6) is 0 Å². The second-order valence-corrected chi connectivity index (χ2v) is 9.33. The molecule has 0 saturated carbocycles. The first kappa shape index (κ1) is 22.5. The standard InChI is InChI=1S/C24H30N4O3/c1-17-11-12-28-19(13-17)25-20(29)14-24(28,5)22(31)27(15-18-9-7-6-8-10-18)16-21(30)26-23(2,3)4/h6-13H,14-16H2,1-5H3,(H,26,30)/t24-/m1/s1. The molecular weight excluding hydrogens is 392 g/mol. The second-order valence-electron chi connectivity index (χ2n) is 9.33.